The summed E-state index contributed by atoms with van der Waals surface area (Å²) in [7, 11) is 1.83. The van der Waals surface area contributed by atoms with Crippen LogP contribution >= 0.6 is 11.3 Å². The van der Waals surface area contributed by atoms with Gasteiger partial charge in [-0.2, -0.15) is 5.26 Å². The third-order valence-electron chi connectivity index (χ3n) is 3.55. The van der Waals surface area contributed by atoms with E-state index in [1.165, 1.54) is 11.3 Å². The van der Waals surface area contributed by atoms with Crippen molar-refractivity contribution in [2.24, 2.45) is 0 Å². The lowest BCUT2D eigenvalue weighted by Gasteiger charge is -2.28. The van der Waals surface area contributed by atoms with Crippen LogP contribution in [-0.2, 0) is 4.79 Å². The van der Waals surface area contributed by atoms with Crippen LogP contribution in [0.5, 0.6) is 0 Å². The second-order valence-electron chi connectivity index (χ2n) is 5.43. The molecule has 1 fully saturated rings. The number of anilines is 1. The van der Waals surface area contributed by atoms with Crippen LogP contribution in [0.25, 0.3) is 0 Å². The van der Waals surface area contributed by atoms with Crippen LogP contribution < -0.4 is 5.32 Å². The summed E-state index contributed by atoms with van der Waals surface area (Å²) in [4.78, 5) is 13.8. The molecular weight excluding hydrogens is 274 g/mol. The summed E-state index contributed by atoms with van der Waals surface area (Å²) in [5.41, 5.74) is -0.157. The van der Waals surface area contributed by atoms with Gasteiger partial charge in [-0.15, -0.1) is 11.3 Å². The largest absolute Gasteiger partial charge is 0.389 e. The number of thiophene rings is 1. The summed E-state index contributed by atoms with van der Waals surface area (Å²) in [6.07, 6.45) is 3.72. The Morgan fingerprint density at radius 3 is 2.95 bits per heavy atom. The van der Waals surface area contributed by atoms with Crippen LogP contribution in [0.2, 0.25) is 0 Å². The van der Waals surface area contributed by atoms with E-state index in [0.29, 0.717) is 17.1 Å². The summed E-state index contributed by atoms with van der Waals surface area (Å²) in [6.45, 7) is 0.723. The number of nitrogens with one attached hydrogen (secondary N) is 1. The summed E-state index contributed by atoms with van der Waals surface area (Å²) >= 11 is 1.34. The van der Waals surface area contributed by atoms with E-state index in [2.05, 4.69) is 5.32 Å². The first-order valence-corrected chi connectivity index (χ1v) is 7.59. The average Bonchev–Trinajstić information content (AvgIpc) is 2.97. The molecule has 0 aromatic carbocycles. The van der Waals surface area contributed by atoms with Crippen molar-refractivity contribution < 1.29 is 9.90 Å². The second-order valence-corrected chi connectivity index (χ2v) is 6.34. The molecule has 2 N–H and O–H groups in total. The van der Waals surface area contributed by atoms with Gasteiger partial charge in [-0.1, -0.05) is 12.8 Å². The normalized spacial score (nSPS) is 17.1. The van der Waals surface area contributed by atoms with E-state index in [4.69, 9.17) is 5.26 Å². The van der Waals surface area contributed by atoms with Gasteiger partial charge in [0.1, 0.15) is 11.1 Å². The van der Waals surface area contributed by atoms with Crippen molar-refractivity contribution in [3.63, 3.8) is 0 Å². The number of carbonyl (C=O) groups excluding carboxylic acids is 1. The first-order chi connectivity index (χ1) is 9.52. The lowest BCUT2D eigenvalue weighted by atomic mass is 10.0. The molecule has 0 aliphatic heterocycles. The van der Waals surface area contributed by atoms with Gasteiger partial charge in [-0.3, -0.25) is 9.69 Å². The number of rotatable bonds is 5. The monoisotopic (exact) mass is 293 g/mol. The highest BCUT2D eigenvalue weighted by Crippen LogP contribution is 2.29. The fraction of sp³-hybridized carbons (Fsp3) is 0.571. The highest BCUT2D eigenvalue weighted by Gasteiger charge is 2.32. The second kappa shape index (κ2) is 6.35. The SMILES string of the molecule is CN(CC(=O)Nc1sccc1C#N)CC1(O)CCCC1. The molecule has 20 heavy (non-hydrogen) atoms. The highest BCUT2D eigenvalue weighted by molar-refractivity contribution is 7.14. The molecule has 1 saturated carbocycles. The molecule has 0 bridgehead atoms. The minimum atomic E-state index is -0.643. The van der Waals surface area contributed by atoms with Crippen molar-refractivity contribution in [2.45, 2.75) is 31.3 Å². The lowest BCUT2D eigenvalue weighted by Crippen LogP contribution is -2.42. The van der Waals surface area contributed by atoms with E-state index in [0.717, 1.165) is 25.7 Å². The van der Waals surface area contributed by atoms with Crippen LogP contribution in [0, 0.1) is 11.3 Å². The van der Waals surface area contributed by atoms with E-state index in [-0.39, 0.29) is 12.5 Å². The molecule has 1 aromatic heterocycles. The fourth-order valence-corrected chi connectivity index (χ4v) is 3.41. The first kappa shape index (κ1) is 15.0. The molecule has 1 amide bonds. The Labute approximate surface area is 122 Å². The van der Waals surface area contributed by atoms with Gasteiger partial charge in [0, 0.05) is 6.54 Å². The van der Waals surface area contributed by atoms with Gasteiger partial charge in [-0.05, 0) is 31.3 Å². The van der Waals surface area contributed by atoms with E-state index in [9.17, 15) is 9.90 Å². The van der Waals surface area contributed by atoms with Crippen molar-refractivity contribution in [1.29, 1.82) is 5.26 Å². The number of carbonyl (C=O) groups is 1. The number of likely N-dealkylation sites (N-methyl/N-ethyl adjacent to an activating group) is 1. The Kier molecular flexibility index (Phi) is 4.76. The van der Waals surface area contributed by atoms with E-state index >= 15 is 0 Å². The molecule has 0 spiro atoms. The molecule has 1 aliphatic rings. The van der Waals surface area contributed by atoms with Crippen LogP contribution in [0.4, 0.5) is 5.00 Å². The van der Waals surface area contributed by atoms with Crippen molar-refractivity contribution >= 4 is 22.2 Å². The summed E-state index contributed by atoms with van der Waals surface area (Å²) < 4.78 is 0. The zero-order valence-corrected chi connectivity index (χ0v) is 12.4. The minimum Gasteiger partial charge on any atom is -0.389 e. The smallest absolute Gasteiger partial charge is 0.239 e. The van der Waals surface area contributed by atoms with Crippen LogP contribution in [0.3, 0.4) is 0 Å². The molecule has 6 heteroatoms. The van der Waals surface area contributed by atoms with Gasteiger partial charge in [-0.25, -0.2) is 0 Å². The van der Waals surface area contributed by atoms with Crippen LogP contribution in [-0.4, -0.2) is 41.7 Å². The molecule has 1 heterocycles. The predicted octanol–water partition coefficient (Wildman–Crippen LogP) is 1.80. The quantitative estimate of drug-likeness (QED) is 0.868. The van der Waals surface area contributed by atoms with Crippen LogP contribution in [0.1, 0.15) is 31.2 Å². The van der Waals surface area contributed by atoms with Gasteiger partial charge < -0.3 is 10.4 Å². The third-order valence-corrected chi connectivity index (χ3v) is 4.38. The standard InChI is InChI=1S/C14H19N3O2S/c1-17(10-14(19)5-2-3-6-14)9-12(18)16-13-11(8-15)4-7-20-13/h4,7,19H,2-3,5-6,9-10H2,1H3,(H,16,18). The van der Waals surface area contributed by atoms with Crippen LogP contribution in [0.15, 0.2) is 11.4 Å². The maximum atomic E-state index is 11.9. The highest BCUT2D eigenvalue weighted by atomic mass is 32.1. The third kappa shape index (κ3) is 3.79. The van der Waals surface area contributed by atoms with Crippen molar-refractivity contribution in [3.05, 3.63) is 17.0 Å². The number of amides is 1. The summed E-state index contributed by atoms with van der Waals surface area (Å²) in [5.74, 6) is -0.159. The van der Waals surface area contributed by atoms with E-state index in [1.54, 1.807) is 11.4 Å². The van der Waals surface area contributed by atoms with Crippen molar-refractivity contribution in [2.75, 3.05) is 25.5 Å². The molecule has 1 aliphatic carbocycles. The molecule has 0 saturated heterocycles. The molecule has 0 radical (unpaired) electrons. The maximum Gasteiger partial charge on any atom is 0.239 e. The number of aliphatic hydroxyl groups is 1. The van der Waals surface area contributed by atoms with Gasteiger partial charge in [0.05, 0.1) is 17.7 Å². The Morgan fingerprint density at radius 1 is 1.60 bits per heavy atom. The molecule has 0 unspecified atom stereocenters. The Morgan fingerprint density at radius 2 is 2.30 bits per heavy atom. The summed E-state index contributed by atoms with van der Waals surface area (Å²) in [5, 5.41) is 24.3. The predicted molar refractivity (Wildman–Crippen MR) is 78.6 cm³/mol. The number of nitrogens with zero attached hydrogens (tertiary/aromatic N) is 2. The van der Waals surface area contributed by atoms with E-state index in [1.807, 2.05) is 18.0 Å². The maximum absolute atomic E-state index is 11.9. The topological polar surface area (TPSA) is 76.4 Å². The molecule has 0 atom stereocenters. The Balaban J connectivity index is 1.84. The fourth-order valence-electron chi connectivity index (χ4n) is 2.65. The number of nitriles is 1. The van der Waals surface area contributed by atoms with Gasteiger partial charge in [0.15, 0.2) is 0 Å². The Hall–Kier alpha value is -1.42. The zero-order valence-electron chi connectivity index (χ0n) is 11.6. The first-order valence-electron chi connectivity index (χ1n) is 6.71. The van der Waals surface area contributed by atoms with Crippen molar-refractivity contribution in [1.82, 2.24) is 4.90 Å². The van der Waals surface area contributed by atoms with Gasteiger partial charge in [0.2, 0.25) is 5.91 Å². The molecule has 2 rings (SSSR count). The number of hydrogen-bond acceptors (Lipinski definition) is 5. The van der Waals surface area contributed by atoms with Gasteiger partial charge in [0.25, 0.3) is 0 Å². The van der Waals surface area contributed by atoms with E-state index < -0.39 is 5.60 Å². The molecule has 1 aromatic rings. The summed E-state index contributed by atoms with van der Waals surface area (Å²) in [6, 6.07) is 3.73. The lowest BCUT2D eigenvalue weighted by molar-refractivity contribution is -0.117. The average molecular weight is 293 g/mol. The van der Waals surface area contributed by atoms with Crippen molar-refractivity contribution in [3.8, 4) is 6.07 Å². The van der Waals surface area contributed by atoms with Gasteiger partial charge >= 0.3 is 0 Å². The Bertz CT molecular complexity index is 515. The molecule has 5 nitrogen and oxygen atoms in total. The zero-order chi connectivity index (χ0) is 14.6. The number of hydrogen-bond donors (Lipinski definition) is 2. The molecular formula is C14H19N3O2S. The molecule has 108 valence electrons. The minimum absolute atomic E-state index is 0.159.